The Kier molecular flexibility index (Phi) is 4.97. The van der Waals surface area contributed by atoms with Crippen LogP contribution in [0.25, 0.3) is 11.0 Å². The highest BCUT2D eigenvalue weighted by molar-refractivity contribution is 5.84. The second-order valence-electron chi connectivity index (χ2n) is 7.73. The van der Waals surface area contributed by atoms with Crippen LogP contribution in [0.4, 0.5) is 0 Å². The van der Waals surface area contributed by atoms with Gasteiger partial charge in [0.05, 0.1) is 11.0 Å². The van der Waals surface area contributed by atoms with Crippen LogP contribution in [-0.4, -0.2) is 33.4 Å². The lowest BCUT2D eigenvalue weighted by Gasteiger charge is -2.33. The van der Waals surface area contributed by atoms with Crippen LogP contribution in [-0.2, 0) is 11.2 Å². The van der Waals surface area contributed by atoms with Crippen LogP contribution in [0.15, 0.2) is 54.6 Å². The number of piperidine rings is 1. The minimum Gasteiger partial charge on any atom is -0.341 e. The Labute approximate surface area is 160 Å². The molecule has 2 aromatic carbocycles. The quantitative estimate of drug-likeness (QED) is 0.689. The molecule has 0 spiro atoms. The predicted molar refractivity (Wildman–Crippen MR) is 109 cm³/mol. The van der Waals surface area contributed by atoms with Crippen molar-refractivity contribution >= 4 is 16.9 Å². The number of likely N-dealkylation sites (tertiary alicyclic amines) is 1. The molecule has 1 aliphatic heterocycles. The third kappa shape index (κ3) is 3.61. The van der Waals surface area contributed by atoms with Crippen molar-refractivity contribution in [3.05, 3.63) is 66.0 Å². The number of para-hydroxylation sites is 2. The SMILES string of the molecule is CC1CCN(C(=O)[C@@H](C)n2c(Cc3ccccc3)nc3ccccc32)CC1. The number of rotatable bonds is 4. The molecular weight excluding hydrogens is 334 g/mol. The van der Waals surface area contributed by atoms with Crippen LogP contribution < -0.4 is 0 Å². The Hall–Kier alpha value is -2.62. The lowest BCUT2D eigenvalue weighted by atomic mass is 9.99. The van der Waals surface area contributed by atoms with E-state index in [1.165, 1.54) is 5.56 Å². The van der Waals surface area contributed by atoms with Gasteiger partial charge in [0.25, 0.3) is 0 Å². The molecule has 1 aromatic heterocycles. The summed E-state index contributed by atoms with van der Waals surface area (Å²) in [5, 5.41) is 0. The molecule has 0 saturated carbocycles. The standard InChI is InChI=1S/C23H27N3O/c1-17-12-14-25(15-13-17)23(27)18(2)26-21-11-7-6-10-20(21)24-22(26)16-19-8-4-3-5-9-19/h3-11,17-18H,12-16H2,1-2H3/t18-/m1/s1. The zero-order valence-electron chi connectivity index (χ0n) is 16.1. The average molecular weight is 361 g/mol. The van der Waals surface area contributed by atoms with Crippen LogP contribution in [0.2, 0.25) is 0 Å². The van der Waals surface area contributed by atoms with E-state index in [1.807, 2.05) is 48.2 Å². The van der Waals surface area contributed by atoms with Gasteiger partial charge in [-0.25, -0.2) is 4.98 Å². The van der Waals surface area contributed by atoms with Crippen LogP contribution in [0.1, 0.15) is 44.1 Å². The molecule has 0 unspecified atom stereocenters. The first kappa shape index (κ1) is 17.8. The van der Waals surface area contributed by atoms with E-state index in [9.17, 15) is 4.79 Å². The van der Waals surface area contributed by atoms with Crippen molar-refractivity contribution in [2.75, 3.05) is 13.1 Å². The van der Waals surface area contributed by atoms with Crippen LogP contribution in [0.5, 0.6) is 0 Å². The first-order valence-electron chi connectivity index (χ1n) is 9.92. The van der Waals surface area contributed by atoms with Crippen molar-refractivity contribution in [1.82, 2.24) is 14.5 Å². The molecule has 27 heavy (non-hydrogen) atoms. The van der Waals surface area contributed by atoms with Gasteiger partial charge in [0.1, 0.15) is 11.9 Å². The lowest BCUT2D eigenvalue weighted by molar-refractivity contribution is -0.135. The molecule has 4 nitrogen and oxygen atoms in total. The zero-order valence-corrected chi connectivity index (χ0v) is 16.1. The van der Waals surface area contributed by atoms with Gasteiger partial charge in [-0.2, -0.15) is 0 Å². The van der Waals surface area contributed by atoms with Crippen molar-refractivity contribution in [1.29, 1.82) is 0 Å². The summed E-state index contributed by atoms with van der Waals surface area (Å²) in [5.74, 6) is 1.88. The highest BCUT2D eigenvalue weighted by Crippen LogP contribution is 2.26. The molecule has 1 atom stereocenters. The van der Waals surface area contributed by atoms with Crippen molar-refractivity contribution in [3.8, 4) is 0 Å². The normalized spacial score (nSPS) is 16.6. The fraction of sp³-hybridized carbons (Fsp3) is 0.391. The fourth-order valence-electron chi connectivity index (χ4n) is 4.03. The fourth-order valence-corrected chi connectivity index (χ4v) is 4.03. The third-order valence-electron chi connectivity index (χ3n) is 5.71. The van der Waals surface area contributed by atoms with Gasteiger partial charge in [-0.15, -0.1) is 0 Å². The van der Waals surface area contributed by atoms with E-state index in [4.69, 9.17) is 4.98 Å². The topological polar surface area (TPSA) is 38.1 Å². The maximum atomic E-state index is 13.2. The molecule has 140 valence electrons. The number of fused-ring (bicyclic) bond motifs is 1. The first-order valence-corrected chi connectivity index (χ1v) is 9.92. The molecule has 0 radical (unpaired) electrons. The van der Waals surface area contributed by atoms with Crippen LogP contribution in [0.3, 0.4) is 0 Å². The molecule has 0 N–H and O–H groups in total. The molecular formula is C23H27N3O. The van der Waals surface area contributed by atoms with Crippen molar-refractivity contribution in [2.24, 2.45) is 5.92 Å². The van der Waals surface area contributed by atoms with E-state index in [1.54, 1.807) is 0 Å². The molecule has 1 amide bonds. The van der Waals surface area contributed by atoms with E-state index in [0.717, 1.165) is 49.2 Å². The number of carbonyl (C=O) groups excluding carboxylic acids is 1. The van der Waals surface area contributed by atoms with Gasteiger partial charge in [0, 0.05) is 19.5 Å². The van der Waals surface area contributed by atoms with Crippen LogP contribution in [0, 0.1) is 5.92 Å². The van der Waals surface area contributed by atoms with Gasteiger partial charge in [-0.05, 0) is 43.4 Å². The van der Waals surface area contributed by atoms with E-state index in [0.29, 0.717) is 5.92 Å². The summed E-state index contributed by atoms with van der Waals surface area (Å²) in [4.78, 5) is 20.1. The number of nitrogens with zero attached hydrogens (tertiary/aromatic N) is 3. The predicted octanol–water partition coefficient (Wildman–Crippen LogP) is 4.45. The largest absolute Gasteiger partial charge is 0.341 e. The molecule has 1 fully saturated rings. The Morgan fingerprint density at radius 3 is 2.48 bits per heavy atom. The van der Waals surface area contributed by atoms with Crippen molar-refractivity contribution in [3.63, 3.8) is 0 Å². The highest BCUT2D eigenvalue weighted by atomic mass is 16.2. The summed E-state index contributed by atoms with van der Waals surface area (Å²) in [6.07, 6.45) is 2.92. The molecule has 0 aliphatic carbocycles. The maximum absolute atomic E-state index is 13.2. The summed E-state index contributed by atoms with van der Waals surface area (Å²) in [7, 11) is 0. The Morgan fingerprint density at radius 2 is 1.74 bits per heavy atom. The highest BCUT2D eigenvalue weighted by Gasteiger charge is 2.28. The van der Waals surface area contributed by atoms with E-state index < -0.39 is 0 Å². The van der Waals surface area contributed by atoms with Crippen molar-refractivity contribution in [2.45, 2.75) is 39.2 Å². The van der Waals surface area contributed by atoms with Gasteiger partial charge in [0.15, 0.2) is 0 Å². The second kappa shape index (κ2) is 7.55. The first-order chi connectivity index (χ1) is 13.1. The molecule has 4 heteroatoms. The van der Waals surface area contributed by atoms with Crippen molar-refractivity contribution < 1.29 is 4.79 Å². The molecule has 0 bridgehead atoms. The van der Waals surface area contributed by atoms with Gasteiger partial charge in [-0.1, -0.05) is 49.4 Å². The molecule has 1 saturated heterocycles. The van der Waals surface area contributed by atoms with E-state index >= 15 is 0 Å². The molecule has 3 aromatic rings. The van der Waals surface area contributed by atoms with E-state index in [-0.39, 0.29) is 11.9 Å². The number of benzene rings is 2. The summed E-state index contributed by atoms with van der Waals surface area (Å²) < 4.78 is 2.14. The number of carbonyl (C=O) groups is 1. The molecule has 1 aliphatic rings. The number of amides is 1. The molecule has 4 rings (SSSR count). The van der Waals surface area contributed by atoms with Gasteiger partial charge < -0.3 is 9.47 Å². The Bertz CT molecular complexity index is 923. The second-order valence-corrected chi connectivity index (χ2v) is 7.73. The zero-order chi connectivity index (χ0) is 18.8. The maximum Gasteiger partial charge on any atom is 0.245 e. The van der Waals surface area contributed by atoms with Gasteiger partial charge >= 0.3 is 0 Å². The summed E-state index contributed by atoms with van der Waals surface area (Å²) in [6.45, 7) is 6.02. The summed E-state index contributed by atoms with van der Waals surface area (Å²) in [5.41, 5.74) is 3.20. The van der Waals surface area contributed by atoms with Gasteiger partial charge in [-0.3, -0.25) is 4.79 Å². The minimum absolute atomic E-state index is 0.208. The average Bonchev–Trinajstić information content (AvgIpc) is 3.06. The van der Waals surface area contributed by atoms with E-state index in [2.05, 4.69) is 29.7 Å². The smallest absolute Gasteiger partial charge is 0.245 e. The third-order valence-corrected chi connectivity index (χ3v) is 5.71. The number of aromatic nitrogens is 2. The monoisotopic (exact) mass is 361 g/mol. The summed E-state index contributed by atoms with van der Waals surface area (Å²) in [6, 6.07) is 18.2. The molecule has 2 heterocycles. The van der Waals surface area contributed by atoms with Gasteiger partial charge in [0.2, 0.25) is 5.91 Å². The lowest BCUT2D eigenvalue weighted by Crippen LogP contribution is -2.41. The van der Waals surface area contributed by atoms with Crippen LogP contribution >= 0.6 is 0 Å². The number of hydrogen-bond acceptors (Lipinski definition) is 2. The number of imidazole rings is 1. The Balaban J connectivity index is 1.68. The number of hydrogen-bond donors (Lipinski definition) is 0. The minimum atomic E-state index is -0.246. The Morgan fingerprint density at radius 1 is 1.07 bits per heavy atom. The summed E-state index contributed by atoms with van der Waals surface area (Å²) >= 11 is 0.